The van der Waals surface area contributed by atoms with Crippen LogP contribution in [-0.4, -0.2) is 19.5 Å². The van der Waals surface area contributed by atoms with Gasteiger partial charge < -0.3 is 6.05 Å². The molecular formula is C3H6KN2O4P. The molecule has 58 valence electrons. The fourth-order valence-corrected chi connectivity index (χ4v) is 0.760. The Morgan fingerprint density at radius 2 is 2.27 bits per heavy atom. The molecule has 0 spiro atoms. The number of phosphoric acid groups is 1. The maximum absolute atomic E-state index is 10.1. The van der Waals surface area contributed by atoms with Crippen LogP contribution in [-0.2, 0) is 4.57 Å². The molecule has 0 saturated heterocycles. The van der Waals surface area contributed by atoms with E-state index in [1.165, 1.54) is 12.4 Å². The van der Waals surface area contributed by atoms with Crippen LogP contribution in [0.1, 0.15) is 1.43 Å². The van der Waals surface area contributed by atoms with E-state index in [-0.39, 0.29) is 52.8 Å². The Hall–Kier alpha value is 0.796. The van der Waals surface area contributed by atoms with E-state index in [0.29, 0.717) is 0 Å². The van der Waals surface area contributed by atoms with Crippen LogP contribution in [0, 0.1) is 0 Å². The van der Waals surface area contributed by atoms with Crippen molar-refractivity contribution in [1.82, 2.24) is 9.71 Å². The predicted molar refractivity (Wildman–Crippen MR) is 32.0 cm³/mol. The molecule has 0 aliphatic heterocycles. The summed E-state index contributed by atoms with van der Waals surface area (Å²) >= 11 is 0. The summed E-state index contributed by atoms with van der Waals surface area (Å²) in [6.07, 6.45) is 3.76. The van der Waals surface area contributed by atoms with Gasteiger partial charge in [-0.15, -0.1) is 0 Å². The van der Waals surface area contributed by atoms with Crippen LogP contribution in [0.4, 0.5) is 0 Å². The molecule has 1 rings (SSSR count). The van der Waals surface area contributed by atoms with E-state index in [2.05, 4.69) is 9.61 Å². The van der Waals surface area contributed by atoms with Crippen LogP contribution in [0.15, 0.2) is 18.7 Å². The van der Waals surface area contributed by atoms with E-state index in [1.807, 2.05) is 0 Å². The minimum Gasteiger partial charge on any atom is -1.00 e. The fraction of sp³-hybridized carbons (Fsp3) is 0. The molecule has 0 aliphatic rings. The number of nitrogens with zero attached hydrogens (tertiary/aromatic N) is 2. The van der Waals surface area contributed by atoms with E-state index >= 15 is 0 Å². The number of imidazole rings is 1. The fourth-order valence-electron chi connectivity index (χ4n) is 0.418. The van der Waals surface area contributed by atoms with Gasteiger partial charge in [-0.25, -0.2) is 9.55 Å². The van der Waals surface area contributed by atoms with Crippen LogP contribution in [0.2, 0.25) is 0 Å². The van der Waals surface area contributed by atoms with Crippen LogP contribution in [0.3, 0.4) is 0 Å². The first-order valence-electron chi connectivity index (χ1n) is 2.31. The zero-order valence-electron chi connectivity index (χ0n) is 6.78. The van der Waals surface area contributed by atoms with E-state index in [1.54, 1.807) is 0 Å². The summed E-state index contributed by atoms with van der Waals surface area (Å²) < 4.78 is 15.0. The average Bonchev–Trinajstić information content (AvgIpc) is 2.12. The normalized spacial score (nSPS) is 10.4. The van der Waals surface area contributed by atoms with Crippen molar-refractivity contribution in [2.24, 2.45) is 0 Å². The zero-order valence-corrected chi connectivity index (χ0v) is 9.80. The molecule has 1 aromatic rings. The van der Waals surface area contributed by atoms with E-state index < -0.39 is 7.82 Å². The summed E-state index contributed by atoms with van der Waals surface area (Å²) in [4.78, 5) is 20.0. The Labute approximate surface area is 107 Å². The van der Waals surface area contributed by atoms with Crippen LogP contribution in [0.5, 0.6) is 0 Å². The molecule has 0 aromatic carbocycles. The van der Waals surface area contributed by atoms with Gasteiger partial charge in [-0.3, -0.25) is 9.79 Å². The standard InChI is InChI=1S/C3H5N2O4P.K.H/c6-10(7,8)9-5-2-1-4-3-5;;/h1-3H,(H2,6,7,8);;/q;+1;-1. The molecule has 1 aromatic heterocycles. The van der Waals surface area contributed by atoms with Gasteiger partial charge in [0.1, 0.15) is 6.33 Å². The molecule has 2 N–H and O–H groups in total. The number of hydrogen-bond donors (Lipinski definition) is 2. The molecule has 0 bridgehead atoms. The third-order valence-corrected chi connectivity index (χ3v) is 1.08. The van der Waals surface area contributed by atoms with Gasteiger partial charge in [-0.1, -0.05) is 0 Å². The molecule has 0 radical (unpaired) electrons. The topological polar surface area (TPSA) is 84.6 Å². The van der Waals surface area contributed by atoms with E-state index in [4.69, 9.17) is 9.79 Å². The van der Waals surface area contributed by atoms with E-state index in [9.17, 15) is 4.57 Å². The quantitative estimate of drug-likeness (QED) is 0.386. The first kappa shape index (κ1) is 11.8. The number of hydrogen-bond acceptors (Lipinski definition) is 3. The predicted octanol–water partition coefficient (Wildman–Crippen LogP) is -3.48. The second-order valence-corrected chi connectivity index (χ2v) is 2.64. The van der Waals surface area contributed by atoms with E-state index in [0.717, 1.165) is 11.1 Å². The summed E-state index contributed by atoms with van der Waals surface area (Å²) in [6, 6.07) is 0. The Bertz CT molecular complexity index is 249. The van der Waals surface area contributed by atoms with Gasteiger partial charge in [0.15, 0.2) is 0 Å². The molecule has 0 aliphatic carbocycles. The van der Waals surface area contributed by atoms with Gasteiger partial charge >= 0.3 is 59.2 Å². The van der Waals surface area contributed by atoms with Crippen molar-refractivity contribution in [1.29, 1.82) is 0 Å². The molecule has 6 nitrogen and oxygen atoms in total. The third kappa shape index (κ3) is 5.10. The van der Waals surface area contributed by atoms with Crippen molar-refractivity contribution in [2.45, 2.75) is 0 Å². The molecular weight excluding hydrogens is 198 g/mol. The molecule has 11 heavy (non-hydrogen) atoms. The van der Waals surface area contributed by atoms with Gasteiger partial charge in [0.2, 0.25) is 0 Å². The van der Waals surface area contributed by atoms with Crippen molar-refractivity contribution >= 4 is 7.82 Å². The number of rotatable bonds is 2. The molecule has 8 heteroatoms. The van der Waals surface area contributed by atoms with Crippen molar-refractivity contribution in [2.75, 3.05) is 0 Å². The summed E-state index contributed by atoms with van der Waals surface area (Å²) in [7, 11) is -4.43. The minimum atomic E-state index is -4.43. The maximum Gasteiger partial charge on any atom is 1.00 e. The number of aromatic nitrogens is 2. The van der Waals surface area contributed by atoms with Gasteiger partial charge in [0.25, 0.3) is 0 Å². The van der Waals surface area contributed by atoms with Crippen LogP contribution >= 0.6 is 7.82 Å². The summed E-state index contributed by atoms with van der Waals surface area (Å²) in [5.74, 6) is 0. The second-order valence-electron chi connectivity index (χ2n) is 1.49. The van der Waals surface area contributed by atoms with Crippen molar-refractivity contribution in [3.05, 3.63) is 18.7 Å². The summed E-state index contributed by atoms with van der Waals surface area (Å²) in [5.41, 5.74) is 0. The van der Waals surface area contributed by atoms with Crippen molar-refractivity contribution < 1.29 is 71.8 Å². The Morgan fingerprint density at radius 3 is 2.64 bits per heavy atom. The van der Waals surface area contributed by atoms with Gasteiger partial charge in [-0.2, -0.15) is 4.73 Å². The average molecular weight is 204 g/mol. The zero-order chi connectivity index (χ0) is 7.61. The van der Waals surface area contributed by atoms with Crippen molar-refractivity contribution in [3.63, 3.8) is 0 Å². The summed E-state index contributed by atoms with van der Waals surface area (Å²) in [6.45, 7) is 0. The van der Waals surface area contributed by atoms with Gasteiger partial charge in [0, 0.05) is 6.20 Å². The Kier molecular flexibility index (Phi) is 5.08. The molecule has 0 atom stereocenters. The van der Waals surface area contributed by atoms with Gasteiger partial charge in [0.05, 0.1) is 6.20 Å². The molecule has 0 amide bonds. The SMILES string of the molecule is O=P(O)(O)On1ccnc1.[H-].[K+]. The van der Waals surface area contributed by atoms with Crippen LogP contribution < -0.4 is 56.0 Å². The molecule has 0 fully saturated rings. The second kappa shape index (κ2) is 4.73. The largest absolute Gasteiger partial charge is 1.00 e. The first-order chi connectivity index (χ1) is 4.58. The van der Waals surface area contributed by atoms with Crippen LogP contribution in [0.25, 0.3) is 0 Å². The molecule has 1 heterocycles. The smallest absolute Gasteiger partial charge is 1.00 e. The maximum atomic E-state index is 10.1. The molecule has 0 saturated carbocycles. The Morgan fingerprint density at radius 1 is 1.64 bits per heavy atom. The minimum absolute atomic E-state index is 0. The summed E-state index contributed by atoms with van der Waals surface area (Å²) in [5, 5.41) is 0. The Balaban J connectivity index is 0. The van der Waals surface area contributed by atoms with Crippen molar-refractivity contribution in [3.8, 4) is 0 Å². The monoisotopic (exact) mass is 204 g/mol. The molecule has 0 unspecified atom stereocenters. The van der Waals surface area contributed by atoms with Gasteiger partial charge in [-0.05, 0) is 0 Å². The first-order valence-corrected chi connectivity index (χ1v) is 3.84. The third-order valence-electron chi connectivity index (χ3n) is 0.681.